The Morgan fingerprint density at radius 3 is 2.86 bits per heavy atom. The minimum absolute atomic E-state index is 0.148. The minimum atomic E-state index is -0.157. The summed E-state index contributed by atoms with van der Waals surface area (Å²) in [6.45, 7) is 9.13. The Morgan fingerprint density at radius 1 is 1.14 bits per heavy atom. The number of amides is 2. The van der Waals surface area contributed by atoms with E-state index in [0.717, 1.165) is 57.8 Å². The number of fused-ring (bicyclic) bond motifs is 5. The first-order valence-corrected chi connectivity index (χ1v) is 14.2. The summed E-state index contributed by atoms with van der Waals surface area (Å²) in [4.78, 5) is 26.7. The Bertz CT molecular complexity index is 935. The molecule has 6 nitrogen and oxygen atoms in total. The van der Waals surface area contributed by atoms with Crippen molar-refractivity contribution >= 4 is 12.0 Å². The predicted octanol–water partition coefficient (Wildman–Crippen LogP) is 4.42. The fourth-order valence-corrected chi connectivity index (χ4v) is 9.19. The highest BCUT2D eigenvalue weighted by Gasteiger charge is 2.58. The van der Waals surface area contributed by atoms with Crippen LogP contribution in [0.4, 0.5) is 4.79 Å². The predicted molar refractivity (Wildman–Crippen MR) is 136 cm³/mol. The zero-order chi connectivity index (χ0) is 24.2. The van der Waals surface area contributed by atoms with Crippen LogP contribution in [0.15, 0.2) is 23.3 Å². The van der Waals surface area contributed by atoms with Crippen LogP contribution in [0.25, 0.3) is 0 Å². The summed E-state index contributed by atoms with van der Waals surface area (Å²) < 4.78 is 5.29. The SMILES string of the molecule is C[C@]12CC[C@H](NC(=O)N3CCCNCC3)C[C@H]1CC[C@H]1C3=CC[C@H](C4=CC(=O)OC4)[C@@]3(C)CC[C@@H]12. The summed E-state index contributed by atoms with van der Waals surface area (Å²) in [7, 11) is 0. The molecule has 6 rings (SSSR count). The summed E-state index contributed by atoms with van der Waals surface area (Å²) in [5.41, 5.74) is 3.49. The van der Waals surface area contributed by atoms with Crippen LogP contribution in [0.5, 0.6) is 0 Å². The molecule has 7 atom stereocenters. The molecule has 0 aromatic heterocycles. The standard InChI is InChI=1S/C29H43N3O3/c1-28-10-8-21(31-27(34)32-14-3-12-30-13-15-32)17-20(28)4-5-22-24-7-6-23(19-16-26(33)35-18-19)29(24,2)11-9-25(22)28/h7,16,20-23,25,30H,3-6,8-15,17-18H2,1-2H3,(H,31,34)/t20-,21+,22+,23-,25+,28+,29-/m1/s1. The van der Waals surface area contributed by atoms with E-state index in [-0.39, 0.29) is 17.4 Å². The number of ether oxygens (including phenoxy) is 1. The number of carbonyl (C=O) groups excluding carboxylic acids is 2. The van der Waals surface area contributed by atoms with Gasteiger partial charge in [0, 0.05) is 31.8 Å². The molecule has 0 radical (unpaired) electrons. The summed E-state index contributed by atoms with van der Waals surface area (Å²) in [6.07, 6.45) is 15.0. The molecule has 2 heterocycles. The van der Waals surface area contributed by atoms with Crippen LogP contribution in [0.1, 0.15) is 71.6 Å². The van der Waals surface area contributed by atoms with Gasteiger partial charge in [-0.2, -0.15) is 0 Å². The Balaban J connectivity index is 1.12. The van der Waals surface area contributed by atoms with Crippen molar-refractivity contribution in [2.45, 2.75) is 77.7 Å². The number of cyclic esters (lactones) is 1. The maximum atomic E-state index is 13.0. The maximum absolute atomic E-state index is 13.0. The molecular weight excluding hydrogens is 438 g/mol. The van der Waals surface area contributed by atoms with Gasteiger partial charge < -0.3 is 20.3 Å². The molecule has 1 saturated heterocycles. The van der Waals surface area contributed by atoms with E-state index < -0.39 is 0 Å². The van der Waals surface area contributed by atoms with Crippen molar-refractivity contribution in [3.8, 4) is 0 Å². The second-order valence-corrected chi connectivity index (χ2v) is 12.7. The number of carbonyl (C=O) groups is 2. The van der Waals surface area contributed by atoms with Gasteiger partial charge in [0.15, 0.2) is 0 Å². The van der Waals surface area contributed by atoms with Gasteiger partial charge >= 0.3 is 12.0 Å². The van der Waals surface area contributed by atoms with Crippen molar-refractivity contribution in [3.63, 3.8) is 0 Å². The second kappa shape index (κ2) is 8.93. The average molecular weight is 482 g/mol. The van der Waals surface area contributed by atoms with E-state index in [4.69, 9.17) is 4.74 Å². The molecule has 35 heavy (non-hydrogen) atoms. The number of allylic oxidation sites excluding steroid dienone is 2. The van der Waals surface area contributed by atoms with Crippen molar-refractivity contribution in [3.05, 3.63) is 23.3 Å². The average Bonchev–Trinajstić information content (AvgIpc) is 3.29. The zero-order valence-electron chi connectivity index (χ0n) is 21.6. The Morgan fingerprint density at radius 2 is 2.03 bits per heavy atom. The molecule has 0 spiro atoms. The first kappa shape index (κ1) is 23.6. The van der Waals surface area contributed by atoms with E-state index >= 15 is 0 Å². The summed E-state index contributed by atoms with van der Waals surface area (Å²) in [6, 6.07) is 0.472. The summed E-state index contributed by atoms with van der Waals surface area (Å²) >= 11 is 0. The van der Waals surface area contributed by atoms with Gasteiger partial charge in [0.05, 0.1) is 0 Å². The zero-order valence-corrected chi connectivity index (χ0v) is 21.6. The number of urea groups is 1. The molecule has 3 saturated carbocycles. The van der Waals surface area contributed by atoms with Gasteiger partial charge in [0.25, 0.3) is 0 Å². The lowest BCUT2D eigenvalue weighted by atomic mass is 9.45. The van der Waals surface area contributed by atoms with Crippen molar-refractivity contribution in [2.24, 2.45) is 34.5 Å². The number of hydrogen-bond acceptors (Lipinski definition) is 4. The molecule has 2 amide bonds. The van der Waals surface area contributed by atoms with E-state index in [2.05, 4.69) is 30.6 Å². The third-order valence-electron chi connectivity index (χ3n) is 11.2. The van der Waals surface area contributed by atoms with Gasteiger partial charge in [-0.3, -0.25) is 0 Å². The number of nitrogens with one attached hydrogen (secondary N) is 2. The molecule has 0 aromatic rings. The van der Waals surface area contributed by atoms with Crippen LogP contribution in [-0.2, 0) is 9.53 Å². The molecule has 0 aromatic carbocycles. The topological polar surface area (TPSA) is 70.7 Å². The largest absolute Gasteiger partial charge is 0.458 e. The lowest BCUT2D eigenvalue weighted by molar-refractivity contribution is -0.135. The molecule has 0 unspecified atom stereocenters. The Kier molecular flexibility index (Phi) is 6.02. The molecule has 6 aliphatic rings. The molecule has 192 valence electrons. The Labute approximate surface area is 210 Å². The van der Waals surface area contributed by atoms with Crippen LogP contribution in [0.3, 0.4) is 0 Å². The van der Waals surface area contributed by atoms with Crippen LogP contribution in [0, 0.1) is 34.5 Å². The lowest BCUT2D eigenvalue weighted by Gasteiger charge is -2.60. The van der Waals surface area contributed by atoms with Gasteiger partial charge in [-0.05, 0) is 104 Å². The molecule has 2 aliphatic heterocycles. The highest BCUT2D eigenvalue weighted by atomic mass is 16.5. The fourth-order valence-electron chi connectivity index (χ4n) is 9.19. The normalized spacial score (nSPS) is 43.2. The van der Waals surface area contributed by atoms with Gasteiger partial charge in [0.2, 0.25) is 0 Å². The minimum Gasteiger partial charge on any atom is -0.458 e. The van der Waals surface area contributed by atoms with E-state index in [1.165, 1.54) is 37.7 Å². The van der Waals surface area contributed by atoms with Gasteiger partial charge in [-0.15, -0.1) is 0 Å². The second-order valence-electron chi connectivity index (χ2n) is 12.7. The third-order valence-corrected chi connectivity index (χ3v) is 11.2. The van der Waals surface area contributed by atoms with Gasteiger partial charge in [-0.1, -0.05) is 25.5 Å². The van der Waals surface area contributed by atoms with Gasteiger partial charge in [-0.25, -0.2) is 9.59 Å². The van der Waals surface area contributed by atoms with Crippen LogP contribution in [-0.4, -0.2) is 55.7 Å². The first-order chi connectivity index (χ1) is 16.9. The highest BCUT2D eigenvalue weighted by Crippen LogP contribution is 2.66. The summed E-state index contributed by atoms with van der Waals surface area (Å²) in [5, 5.41) is 6.82. The first-order valence-electron chi connectivity index (χ1n) is 14.2. The van der Waals surface area contributed by atoms with E-state index in [9.17, 15) is 9.59 Å². The quantitative estimate of drug-likeness (QED) is 0.452. The van der Waals surface area contributed by atoms with Gasteiger partial charge in [0.1, 0.15) is 6.61 Å². The van der Waals surface area contributed by atoms with E-state index in [0.29, 0.717) is 35.8 Å². The molecular formula is C29H43N3O3. The van der Waals surface area contributed by atoms with Crippen LogP contribution >= 0.6 is 0 Å². The molecule has 2 N–H and O–H groups in total. The van der Waals surface area contributed by atoms with Crippen molar-refractivity contribution < 1.29 is 14.3 Å². The maximum Gasteiger partial charge on any atom is 0.331 e. The summed E-state index contributed by atoms with van der Waals surface area (Å²) in [5.74, 6) is 2.43. The fraction of sp³-hybridized carbons (Fsp3) is 0.793. The number of rotatable bonds is 2. The van der Waals surface area contributed by atoms with Crippen LogP contribution in [0.2, 0.25) is 0 Å². The number of esters is 1. The number of nitrogens with zero attached hydrogens (tertiary/aromatic N) is 1. The third kappa shape index (κ3) is 3.95. The monoisotopic (exact) mass is 481 g/mol. The van der Waals surface area contributed by atoms with Crippen molar-refractivity contribution in [1.82, 2.24) is 15.5 Å². The smallest absolute Gasteiger partial charge is 0.331 e. The molecule has 4 fully saturated rings. The number of hydrogen-bond donors (Lipinski definition) is 2. The van der Waals surface area contributed by atoms with Crippen LogP contribution < -0.4 is 10.6 Å². The van der Waals surface area contributed by atoms with Crippen molar-refractivity contribution in [1.29, 1.82) is 0 Å². The van der Waals surface area contributed by atoms with Crippen molar-refractivity contribution in [2.75, 3.05) is 32.8 Å². The van der Waals surface area contributed by atoms with E-state index in [1.807, 2.05) is 4.90 Å². The lowest BCUT2D eigenvalue weighted by Crippen LogP contribution is -2.55. The van der Waals surface area contributed by atoms with E-state index in [1.54, 1.807) is 11.6 Å². The molecule has 0 bridgehead atoms. The molecule has 4 aliphatic carbocycles. The highest BCUT2D eigenvalue weighted by molar-refractivity contribution is 5.85. The molecule has 6 heteroatoms. The Hall–Kier alpha value is -1.82.